The predicted octanol–water partition coefficient (Wildman–Crippen LogP) is 5.03. The Hall–Kier alpha value is -2.42. The van der Waals surface area contributed by atoms with Crippen LogP contribution in [0.3, 0.4) is 0 Å². The molecule has 6 nitrogen and oxygen atoms in total. The Morgan fingerprint density at radius 3 is 3.00 bits per heavy atom. The molecule has 3 heterocycles. The summed E-state index contributed by atoms with van der Waals surface area (Å²) in [6.07, 6.45) is 3.71. The molecule has 0 bridgehead atoms. The second kappa shape index (κ2) is 8.98. The fourth-order valence-corrected chi connectivity index (χ4v) is 5.92. The smallest absolute Gasteiger partial charge is 0.233 e. The number of carbonyl (C=O) groups excluding carboxylic acids is 1. The van der Waals surface area contributed by atoms with Crippen LogP contribution in [-0.2, 0) is 4.79 Å². The van der Waals surface area contributed by atoms with E-state index in [-0.39, 0.29) is 5.91 Å². The lowest BCUT2D eigenvalue weighted by atomic mass is 9.99. The van der Waals surface area contributed by atoms with Crippen LogP contribution in [0.25, 0.3) is 15.9 Å². The van der Waals surface area contributed by atoms with Gasteiger partial charge in [0.2, 0.25) is 5.91 Å². The van der Waals surface area contributed by atoms with Crippen molar-refractivity contribution in [2.45, 2.75) is 23.9 Å². The van der Waals surface area contributed by atoms with Gasteiger partial charge >= 0.3 is 0 Å². The SMILES string of the molecule is O=C(CSc1nncn1-c1cccc(Cl)c1)N1CCC[C@@H](c2nc3ccccc3s2)C1. The van der Waals surface area contributed by atoms with Gasteiger partial charge in [0.25, 0.3) is 0 Å². The van der Waals surface area contributed by atoms with E-state index in [2.05, 4.69) is 16.3 Å². The molecule has 1 amide bonds. The third-order valence-corrected chi connectivity index (χ3v) is 7.72. The first-order valence-corrected chi connectivity index (χ1v) is 12.3. The number of fused-ring (bicyclic) bond motifs is 1. The second-order valence-electron chi connectivity index (χ2n) is 7.45. The van der Waals surface area contributed by atoms with E-state index in [1.54, 1.807) is 17.7 Å². The van der Waals surface area contributed by atoms with Crippen LogP contribution in [-0.4, -0.2) is 49.4 Å². The molecule has 1 aliphatic heterocycles. The first-order chi connectivity index (χ1) is 15.2. The highest BCUT2D eigenvalue weighted by atomic mass is 35.5. The summed E-state index contributed by atoms with van der Waals surface area (Å²) >= 11 is 9.25. The van der Waals surface area contributed by atoms with E-state index >= 15 is 0 Å². The van der Waals surface area contributed by atoms with Crippen LogP contribution >= 0.6 is 34.7 Å². The van der Waals surface area contributed by atoms with E-state index < -0.39 is 0 Å². The van der Waals surface area contributed by atoms with Crippen LogP contribution in [0.5, 0.6) is 0 Å². The number of halogens is 1. The van der Waals surface area contributed by atoms with Gasteiger partial charge in [-0.3, -0.25) is 9.36 Å². The summed E-state index contributed by atoms with van der Waals surface area (Å²) in [5, 5.41) is 10.6. The van der Waals surface area contributed by atoms with Crippen molar-refractivity contribution in [3.05, 3.63) is 64.9 Å². The molecule has 1 saturated heterocycles. The minimum absolute atomic E-state index is 0.122. The zero-order valence-corrected chi connectivity index (χ0v) is 19.0. The molecule has 1 atom stereocenters. The van der Waals surface area contributed by atoms with Gasteiger partial charge in [-0.1, -0.05) is 41.6 Å². The summed E-state index contributed by atoms with van der Waals surface area (Å²) in [4.78, 5) is 19.7. The van der Waals surface area contributed by atoms with E-state index in [9.17, 15) is 4.79 Å². The van der Waals surface area contributed by atoms with Gasteiger partial charge in [-0.25, -0.2) is 4.98 Å². The molecule has 0 spiro atoms. The molecule has 0 aliphatic carbocycles. The molecule has 5 rings (SSSR count). The number of amides is 1. The van der Waals surface area contributed by atoms with Crippen molar-refractivity contribution in [2.24, 2.45) is 0 Å². The fraction of sp³-hybridized carbons (Fsp3) is 0.273. The van der Waals surface area contributed by atoms with Crippen LogP contribution < -0.4 is 0 Å². The van der Waals surface area contributed by atoms with Crippen LogP contribution in [0, 0.1) is 0 Å². The monoisotopic (exact) mass is 469 g/mol. The molecule has 31 heavy (non-hydrogen) atoms. The number of carbonyl (C=O) groups is 1. The van der Waals surface area contributed by atoms with Gasteiger partial charge in [0.15, 0.2) is 5.16 Å². The van der Waals surface area contributed by atoms with Crippen molar-refractivity contribution in [3.8, 4) is 5.69 Å². The van der Waals surface area contributed by atoms with Crippen LogP contribution in [0.2, 0.25) is 5.02 Å². The molecule has 0 N–H and O–H groups in total. The zero-order chi connectivity index (χ0) is 21.2. The lowest BCUT2D eigenvalue weighted by molar-refractivity contribution is -0.129. The molecule has 1 aliphatic rings. The fourth-order valence-electron chi connectivity index (χ4n) is 3.81. The summed E-state index contributed by atoms with van der Waals surface area (Å²) in [7, 11) is 0. The van der Waals surface area contributed by atoms with Crippen molar-refractivity contribution < 1.29 is 4.79 Å². The average Bonchev–Trinajstić information content (AvgIpc) is 3.44. The number of hydrogen-bond donors (Lipinski definition) is 0. The van der Waals surface area contributed by atoms with Crippen LogP contribution in [0.15, 0.2) is 60.0 Å². The number of rotatable bonds is 5. The third-order valence-electron chi connectivity index (χ3n) is 5.36. The Kier molecular flexibility index (Phi) is 5.93. The van der Waals surface area contributed by atoms with Crippen LogP contribution in [0.4, 0.5) is 0 Å². The van der Waals surface area contributed by atoms with Crippen molar-refractivity contribution in [3.63, 3.8) is 0 Å². The number of benzene rings is 2. The van der Waals surface area contributed by atoms with E-state index in [1.165, 1.54) is 16.5 Å². The summed E-state index contributed by atoms with van der Waals surface area (Å²) in [5.74, 6) is 0.748. The molecule has 4 aromatic rings. The van der Waals surface area contributed by atoms with Gasteiger partial charge in [0, 0.05) is 24.0 Å². The summed E-state index contributed by atoms with van der Waals surface area (Å²) in [6.45, 7) is 1.52. The van der Waals surface area contributed by atoms with Crippen molar-refractivity contribution in [1.82, 2.24) is 24.6 Å². The largest absolute Gasteiger partial charge is 0.341 e. The minimum atomic E-state index is 0.122. The highest BCUT2D eigenvalue weighted by molar-refractivity contribution is 7.99. The Labute approximate surface area is 193 Å². The number of thiazole rings is 1. The first kappa shape index (κ1) is 20.5. The number of para-hydroxylation sites is 1. The zero-order valence-electron chi connectivity index (χ0n) is 16.6. The number of hydrogen-bond acceptors (Lipinski definition) is 6. The van der Waals surface area contributed by atoms with Crippen molar-refractivity contribution in [1.29, 1.82) is 0 Å². The molecule has 2 aromatic carbocycles. The lowest BCUT2D eigenvalue weighted by Gasteiger charge is -2.31. The summed E-state index contributed by atoms with van der Waals surface area (Å²) in [6, 6.07) is 15.7. The maximum Gasteiger partial charge on any atom is 0.233 e. The van der Waals surface area contributed by atoms with Gasteiger partial charge in [0.05, 0.1) is 26.7 Å². The molecular weight excluding hydrogens is 450 g/mol. The van der Waals surface area contributed by atoms with E-state index in [0.29, 0.717) is 21.8 Å². The van der Waals surface area contributed by atoms with Crippen LogP contribution in [0.1, 0.15) is 23.8 Å². The average molecular weight is 470 g/mol. The van der Waals surface area contributed by atoms with Gasteiger partial charge < -0.3 is 4.90 Å². The topological polar surface area (TPSA) is 63.9 Å². The summed E-state index contributed by atoms with van der Waals surface area (Å²) < 4.78 is 3.06. The van der Waals surface area contributed by atoms with E-state index in [0.717, 1.165) is 42.1 Å². The molecule has 0 saturated carbocycles. The standard InChI is InChI=1S/C22H20ClN5OS2/c23-16-6-3-7-17(11-16)28-14-24-26-22(28)30-13-20(29)27-10-4-5-15(12-27)21-25-18-8-1-2-9-19(18)31-21/h1-3,6-9,11,14-15H,4-5,10,12-13H2/t15-/m1/s1. The Morgan fingerprint density at radius 1 is 1.23 bits per heavy atom. The Morgan fingerprint density at radius 2 is 2.13 bits per heavy atom. The van der Waals surface area contributed by atoms with Crippen molar-refractivity contribution in [2.75, 3.05) is 18.8 Å². The summed E-state index contributed by atoms with van der Waals surface area (Å²) in [5.41, 5.74) is 1.92. The van der Waals surface area contributed by atoms with Crippen molar-refractivity contribution >= 4 is 50.8 Å². The number of piperidine rings is 1. The Bertz CT molecular complexity index is 1190. The maximum absolute atomic E-state index is 13.0. The molecule has 158 valence electrons. The highest BCUT2D eigenvalue weighted by Crippen LogP contribution is 2.33. The van der Waals surface area contributed by atoms with E-state index in [1.807, 2.05) is 51.9 Å². The minimum Gasteiger partial charge on any atom is -0.341 e. The van der Waals surface area contributed by atoms with Gasteiger partial charge in [-0.2, -0.15) is 0 Å². The number of thioether (sulfide) groups is 1. The molecule has 0 unspecified atom stereocenters. The lowest BCUT2D eigenvalue weighted by Crippen LogP contribution is -2.40. The number of likely N-dealkylation sites (tertiary alicyclic amines) is 1. The predicted molar refractivity (Wildman–Crippen MR) is 125 cm³/mol. The Balaban J connectivity index is 1.24. The third kappa shape index (κ3) is 4.46. The highest BCUT2D eigenvalue weighted by Gasteiger charge is 2.27. The molecule has 1 fully saturated rings. The van der Waals surface area contributed by atoms with Gasteiger partial charge in [-0.05, 0) is 43.2 Å². The molecule has 0 radical (unpaired) electrons. The number of aromatic nitrogens is 4. The van der Waals surface area contributed by atoms with E-state index in [4.69, 9.17) is 16.6 Å². The molecule has 9 heteroatoms. The maximum atomic E-state index is 13.0. The number of nitrogens with zero attached hydrogens (tertiary/aromatic N) is 5. The molecule has 2 aromatic heterocycles. The normalized spacial score (nSPS) is 16.7. The van der Waals surface area contributed by atoms with Gasteiger partial charge in [0.1, 0.15) is 6.33 Å². The molecular formula is C22H20ClN5OS2. The quantitative estimate of drug-likeness (QED) is 0.383. The second-order valence-corrected chi connectivity index (χ2v) is 9.89. The van der Waals surface area contributed by atoms with Gasteiger partial charge in [-0.15, -0.1) is 21.5 Å². The first-order valence-electron chi connectivity index (χ1n) is 10.1.